The van der Waals surface area contributed by atoms with Gasteiger partial charge < -0.3 is 16.8 Å². The summed E-state index contributed by atoms with van der Waals surface area (Å²) in [6.45, 7) is 0.442. The van der Waals surface area contributed by atoms with E-state index in [1.807, 2.05) is 0 Å². The number of hydrogen-bond donors (Lipinski definition) is 3. The maximum Gasteiger partial charge on any atom is 0.267 e. The average molecular weight is 361 g/mol. The number of nitrogens with zero attached hydrogens (tertiary/aromatic N) is 2. The summed E-state index contributed by atoms with van der Waals surface area (Å²) in [5.41, 5.74) is 11.9. The number of amides is 1. The number of rotatable bonds is 4. The molecule has 0 atom stereocenters. The standard InChI is InChI=1S/C11H15N5O.HI/c12-10(17)9-4-1-7(5-14-9)6-15-11(13)16-8-2-3-8;/h1,4-5,8H,2-3,6H2,(H2,12,17)(H3,13,15,16);1H. The third-order valence-corrected chi connectivity index (χ3v) is 2.44. The largest absolute Gasteiger partial charge is 0.370 e. The number of aliphatic imine (C=N–C) groups is 1. The molecule has 98 valence electrons. The van der Waals surface area contributed by atoms with Crippen molar-refractivity contribution in [1.82, 2.24) is 10.3 Å². The van der Waals surface area contributed by atoms with Crippen molar-refractivity contribution in [2.24, 2.45) is 16.5 Å². The topological polar surface area (TPSA) is 106 Å². The van der Waals surface area contributed by atoms with Crippen molar-refractivity contribution < 1.29 is 4.79 Å². The summed E-state index contributed by atoms with van der Waals surface area (Å²) in [4.78, 5) is 18.9. The Kier molecular flexibility index (Phi) is 5.32. The van der Waals surface area contributed by atoms with Crippen LogP contribution in [0.5, 0.6) is 0 Å². The van der Waals surface area contributed by atoms with Gasteiger partial charge in [0.2, 0.25) is 0 Å². The zero-order chi connectivity index (χ0) is 12.3. The second-order valence-corrected chi connectivity index (χ2v) is 4.04. The van der Waals surface area contributed by atoms with E-state index < -0.39 is 5.91 Å². The first-order chi connectivity index (χ1) is 8.15. The number of nitrogens with two attached hydrogens (primary N) is 2. The number of primary amides is 1. The van der Waals surface area contributed by atoms with Crippen LogP contribution in [0.25, 0.3) is 0 Å². The molecule has 0 bridgehead atoms. The SMILES string of the molecule is I.NC(=O)c1ccc(CN=C(N)NC2CC2)cn1. The molecule has 5 N–H and O–H groups in total. The minimum absolute atomic E-state index is 0. The van der Waals surface area contributed by atoms with Crippen LogP contribution in [-0.4, -0.2) is 22.9 Å². The van der Waals surface area contributed by atoms with Gasteiger partial charge in [-0.05, 0) is 24.5 Å². The molecular weight excluding hydrogens is 345 g/mol. The first-order valence-electron chi connectivity index (χ1n) is 5.46. The highest BCUT2D eigenvalue weighted by Crippen LogP contribution is 2.18. The molecule has 6 nitrogen and oxygen atoms in total. The lowest BCUT2D eigenvalue weighted by Gasteiger charge is -2.03. The molecular formula is C11H16IN5O. The summed E-state index contributed by atoms with van der Waals surface area (Å²) in [7, 11) is 0. The van der Waals surface area contributed by atoms with Crippen LogP contribution in [0.15, 0.2) is 23.3 Å². The van der Waals surface area contributed by atoms with Gasteiger partial charge in [-0.2, -0.15) is 0 Å². The molecule has 0 radical (unpaired) electrons. The number of hydrogen-bond acceptors (Lipinski definition) is 3. The van der Waals surface area contributed by atoms with Crippen LogP contribution in [0.3, 0.4) is 0 Å². The van der Waals surface area contributed by atoms with Crippen molar-refractivity contribution in [3.8, 4) is 0 Å². The maximum atomic E-state index is 10.8. The molecule has 7 heteroatoms. The Balaban J connectivity index is 0.00000162. The predicted octanol–water partition coefficient (Wildman–Crippen LogP) is 0.365. The molecule has 2 rings (SSSR count). The van der Waals surface area contributed by atoms with Crippen LogP contribution in [0.2, 0.25) is 0 Å². The van der Waals surface area contributed by atoms with E-state index in [2.05, 4.69) is 15.3 Å². The Morgan fingerprint density at radius 1 is 1.44 bits per heavy atom. The van der Waals surface area contributed by atoms with Gasteiger partial charge in [-0.15, -0.1) is 24.0 Å². The molecule has 0 saturated heterocycles. The highest BCUT2D eigenvalue weighted by molar-refractivity contribution is 14.0. The lowest BCUT2D eigenvalue weighted by atomic mass is 10.2. The highest BCUT2D eigenvalue weighted by atomic mass is 127. The van der Waals surface area contributed by atoms with Gasteiger partial charge in [0.1, 0.15) is 5.69 Å². The van der Waals surface area contributed by atoms with Gasteiger partial charge >= 0.3 is 0 Å². The lowest BCUT2D eigenvalue weighted by Crippen LogP contribution is -2.33. The first kappa shape index (κ1) is 14.7. The van der Waals surface area contributed by atoms with Crippen LogP contribution >= 0.6 is 24.0 Å². The summed E-state index contributed by atoms with van der Waals surface area (Å²) >= 11 is 0. The second-order valence-electron chi connectivity index (χ2n) is 4.04. The van der Waals surface area contributed by atoms with Gasteiger partial charge in [-0.3, -0.25) is 9.78 Å². The van der Waals surface area contributed by atoms with Crippen LogP contribution in [-0.2, 0) is 6.54 Å². The Hall–Kier alpha value is -1.38. The second kappa shape index (κ2) is 6.53. The van der Waals surface area contributed by atoms with Crippen molar-refractivity contribution in [2.45, 2.75) is 25.4 Å². The van der Waals surface area contributed by atoms with Crippen LogP contribution in [0.1, 0.15) is 28.9 Å². The third-order valence-electron chi connectivity index (χ3n) is 2.44. The number of halogens is 1. The lowest BCUT2D eigenvalue weighted by molar-refractivity contribution is 0.0995. The number of carbonyl (C=O) groups excluding carboxylic acids is 1. The van der Waals surface area contributed by atoms with Crippen molar-refractivity contribution in [2.75, 3.05) is 0 Å². The van der Waals surface area contributed by atoms with Gasteiger partial charge in [0.15, 0.2) is 5.96 Å². The third kappa shape index (κ3) is 4.47. The van der Waals surface area contributed by atoms with Crippen LogP contribution in [0.4, 0.5) is 0 Å². The van der Waals surface area contributed by atoms with Gasteiger partial charge in [0.05, 0.1) is 6.54 Å². The van der Waals surface area contributed by atoms with Crippen molar-refractivity contribution >= 4 is 35.8 Å². The Bertz CT molecular complexity index is 441. The molecule has 0 spiro atoms. The number of aromatic nitrogens is 1. The zero-order valence-electron chi connectivity index (χ0n) is 9.80. The summed E-state index contributed by atoms with van der Waals surface area (Å²) < 4.78 is 0. The molecule has 1 amide bonds. The maximum absolute atomic E-state index is 10.8. The predicted molar refractivity (Wildman–Crippen MR) is 79.7 cm³/mol. The minimum atomic E-state index is -0.532. The molecule has 18 heavy (non-hydrogen) atoms. The molecule has 0 aliphatic heterocycles. The summed E-state index contributed by atoms with van der Waals surface area (Å²) in [5.74, 6) is -0.0820. The van der Waals surface area contributed by atoms with E-state index in [0.717, 1.165) is 18.4 Å². The summed E-state index contributed by atoms with van der Waals surface area (Å²) in [5, 5.41) is 3.09. The number of pyridine rings is 1. The summed E-state index contributed by atoms with van der Waals surface area (Å²) in [6, 6.07) is 3.84. The van der Waals surface area contributed by atoms with Crippen molar-refractivity contribution in [1.29, 1.82) is 0 Å². The molecule has 1 fully saturated rings. The minimum Gasteiger partial charge on any atom is -0.370 e. The van der Waals surface area contributed by atoms with Crippen molar-refractivity contribution in [3.05, 3.63) is 29.6 Å². The molecule has 0 unspecified atom stereocenters. The molecule has 1 aliphatic rings. The van der Waals surface area contributed by atoms with Gasteiger partial charge in [0, 0.05) is 12.2 Å². The van der Waals surface area contributed by atoms with Crippen molar-refractivity contribution in [3.63, 3.8) is 0 Å². The van der Waals surface area contributed by atoms with E-state index in [-0.39, 0.29) is 29.7 Å². The number of guanidine groups is 1. The Labute approximate surface area is 122 Å². The Morgan fingerprint density at radius 2 is 2.17 bits per heavy atom. The molecule has 1 aromatic rings. The highest BCUT2D eigenvalue weighted by Gasteiger charge is 2.21. The fourth-order valence-electron chi connectivity index (χ4n) is 1.32. The zero-order valence-corrected chi connectivity index (χ0v) is 12.1. The fourth-order valence-corrected chi connectivity index (χ4v) is 1.32. The number of nitrogens with one attached hydrogen (secondary N) is 1. The van der Waals surface area contributed by atoms with Gasteiger partial charge in [0.25, 0.3) is 5.91 Å². The first-order valence-corrected chi connectivity index (χ1v) is 5.46. The molecule has 1 aliphatic carbocycles. The van der Waals surface area contributed by atoms with E-state index in [1.54, 1.807) is 18.3 Å². The van der Waals surface area contributed by atoms with E-state index in [9.17, 15) is 4.79 Å². The van der Waals surface area contributed by atoms with Crippen LogP contribution in [0, 0.1) is 0 Å². The molecule has 1 aromatic heterocycles. The van der Waals surface area contributed by atoms with Gasteiger partial charge in [-0.25, -0.2) is 4.99 Å². The van der Waals surface area contributed by atoms with Gasteiger partial charge in [-0.1, -0.05) is 6.07 Å². The average Bonchev–Trinajstić information content (AvgIpc) is 3.11. The normalized spacial score (nSPS) is 14.8. The van der Waals surface area contributed by atoms with E-state index in [4.69, 9.17) is 11.5 Å². The monoisotopic (exact) mass is 361 g/mol. The van der Waals surface area contributed by atoms with E-state index >= 15 is 0 Å². The molecule has 1 saturated carbocycles. The quantitative estimate of drug-likeness (QED) is 0.409. The fraction of sp³-hybridized carbons (Fsp3) is 0.364. The van der Waals surface area contributed by atoms with Crippen LogP contribution < -0.4 is 16.8 Å². The summed E-state index contributed by atoms with van der Waals surface area (Å²) in [6.07, 6.45) is 3.89. The van der Waals surface area contributed by atoms with E-state index in [1.165, 1.54) is 0 Å². The molecule has 0 aromatic carbocycles. The van der Waals surface area contributed by atoms with E-state index in [0.29, 0.717) is 18.5 Å². The number of carbonyl (C=O) groups is 1. The Morgan fingerprint density at radius 3 is 2.67 bits per heavy atom. The smallest absolute Gasteiger partial charge is 0.267 e. The molecule has 1 heterocycles.